The van der Waals surface area contributed by atoms with Crippen molar-refractivity contribution in [1.29, 1.82) is 0 Å². The van der Waals surface area contributed by atoms with Crippen LogP contribution in [-0.2, 0) is 11.2 Å². The third-order valence-corrected chi connectivity index (χ3v) is 3.76. The summed E-state index contributed by atoms with van der Waals surface area (Å²) in [6, 6.07) is 15.2. The maximum atomic E-state index is 12.5. The first-order chi connectivity index (χ1) is 14.2. The molecule has 0 aliphatic rings. The summed E-state index contributed by atoms with van der Waals surface area (Å²) in [5.74, 6) is -2.44. The molecule has 0 atom stereocenters. The van der Waals surface area contributed by atoms with E-state index in [1.54, 1.807) is 13.1 Å². The number of carboxylic acid groups (broad SMARTS) is 1. The molecule has 0 radical (unpaired) electrons. The largest absolute Gasteiger partial charge is 0.490 e. The van der Waals surface area contributed by atoms with Crippen LogP contribution in [0.1, 0.15) is 21.7 Å². The van der Waals surface area contributed by atoms with E-state index in [-0.39, 0.29) is 5.91 Å². The topological polar surface area (TPSA) is 105 Å². The predicted octanol–water partition coefficient (Wildman–Crippen LogP) is 3.65. The normalized spacial score (nSPS) is 10.7. The number of halogens is 3. The van der Waals surface area contributed by atoms with Crippen LogP contribution in [0.4, 0.5) is 13.2 Å². The number of hydrogen-bond acceptors (Lipinski definition) is 5. The maximum Gasteiger partial charge on any atom is 0.490 e. The molecule has 158 valence electrons. The van der Waals surface area contributed by atoms with Crippen molar-refractivity contribution < 1.29 is 32.4 Å². The Balaban J connectivity index is 0.000000396. The number of nitrogens with zero attached hydrogens (tertiary/aromatic N) is 2. The number of rotatable bonds is 5. The van der Waals surface area contributed by atoms with Crippen molar-refractivity contribution in [3.8, 4) is 11.3 Å². The summed E-state index contributed by atoms with van der Waals surface area (Å²) in [5.41, 5.74) is 2.84. The molecule has 2 aromatic heterocycles. The molecule has 0 aliphatic carbocycles. The first kappa shape index (κ1) is 22.6. The highest BCUT2D eigenvalue weighted by Gasteiger charge is 2.38. The van der Waals surface area contributed by atoms with E-state index in [1.807, 2.05) is 48.5 Å². The molecule has 0 fully saturated rings. The molecule has 0 unspecified atom stereocenters. The summed E-state index contributed by atoms with van der Waals surface area (Å²) in [6.45, 7) is 2.28. The van der Waals surface area contributed by atoms with E-state index in [2.05, 4.69) is 15.5 Å². The van der Waals surface area contributed by atoms with Gasteiger partial charge in [-0.3, -0.25) is 9.78 Å². The lowest BCUT2D eigenvalue weighted by Gasteiger charge is -2.05. The maximum absolute atomic E-state index is 12.5. The zero-order valence-corrected chi connectivity index (χ0v) is 15.8. The number of carboxylic acids is 1. The first-order valence-electron chi connectivity index (χ1n) is 8.70. The van der Waals surface area contributed by atoms with E-state index >= 15 is 0 Å². The van der Waals surface area contributed by atoms with Gasteiger partial charge in [-0.1, -0.05) is 41.6 Å². The van der Waals surface area contributed by atoms with E-state index in [4.69, 9.17) is 14.4 Å². The molecule has 1 amide bonds. The van der Waals surface area contributed by atoms with Gasteiger partial charge in [0.25, 0.3) is 5.91 Å². The van der Waals surface area contributed by atoms with Crippen LogP contribution in [-0.4, -0.2) is 39.8 Å². The molecule has 7 nitrogen and oxygen atoms in total. The Hall–Kier alpha value is -3.69. The summed E-state index contributed by atoms with van der Waals surface area (Å²) in [5, 5.41) is 14.0. The monoisotopic (exact) mass is 421 g/mol. The number of nitrogens with one attached hydrogen (secondary N) is 1. The summed E-state index contributed by atoms with van der Waals surface area (Å²) >= 11 is 0. The summed E-state index contributed by atoms with van der Waals surface area (Å²) in [7, 11) is 0. The fraction of sp³-hybridized carbons (Fsp3) is 0.200. The lowest BCUT2D eigenvalue weighted by Crippen LogP contribution is -2.26. The van der Waals surface area contributed by atoms with Gasteiger partial charge in [0, 0.05) is 30.4 Å². The standard InChI is InChI=1S/C18H17N3O2.C2HF3O2/c1-13-16(17(23-21-13)14-7-3-2-4-8-14)18(22)20-12-10-15-9-5-6-11-19-15;3-2(4,5)1(6)7/h2-9,11H,10,12H2,1H3,(H,20,22);(H,6,7). The van der Waals surface area contributed by atoms with Gasteiger partial charge in [0.05, 0.1) is 5.69 Å². The average molecular weight is 421 g/mol. The fourth-order valence-corrected chi connectivity index (χ4v) is 2.36. The zero-order valence-electron chi connectivity index (χ0n) is 15.8. The Morgan fingerprint density at radius 2 is 1.73 bits per heavy atom. The smallest absolute Gasteiger partial charge is 0.475 e. The Kier molecular flexibility index (Phi) is 7.68. The van der Waals surface area contributed by atoms with Gasteiger partial charge in [0.1, 0.15) is 5.56 Å². The molecule has 1 aromatic carbocycles. The van der Waals surface area contributed by atoms with Gasteiger partial charge in [0.15, 0.2) is 5.76 Å². The SMILES string of the molecule is Cc1noc(-c2ccccc2)c1C(=O)NCCc1ccccn1.O=C(O)C(F)(F)F. The molecule has 2 heterocycles. The summed E-state index contributed by atoms with van der Waals surface area (Å²) < 4.78 is 37.1. The Morgan fingerprint density at radius 3 is 2.30 bits per heavy atom. The van der Waals surface area contributed by atoms with Gasteiger partial charge in [-0.05, 0) is 19.1 Å². The van der Waals surface area contributed by atoms with Crippen LogP contribution in [0, 0.1) is 6.92 Å². The van der Waals surface area contributed by atoms with Crippen LogP contribution in [0.15, 0.2) is 59.3 Å². The van der Waals surface area contributed by atoms with Crippen molar-refractivity contribution >= 4 is 11.9 Å². The Bertz CT molecular complexity index is 974. The molecule has 0 aliphatic heterocycles. The molecular weight excluding hydrogens is 403 g/mol. The van der Waals surface area contributed by atoms with Crippen LogP contribution < -0.4 is 5.32 Å². The van der Waals surface area contributed by atoms with Crippen LogP contribution in [0.5, 0.6) is 0 Å². The first-order valence-corrected chi connectivity index (χ1v) is 8.70. The molecule has 3 rings (SSSR count). The molecule has 0 saturated heterocycles. The molecule has 2 N–H and O–H groups in total. The van der Waals surface area contributed by atoms with Crippen LogP contribution >= 0.6 is 0 Å². The Labute approximate surface area is 169 Å². The van der Waals surface area contributed by atoms with Gasteiger partial charge in [0.2, 0.25) is 0 Å². The third kappa shape index (κ3) is 6.43. The molecule has 0 spiro atoms. The highest BCUT2D eigenvalue weighted by atomic mass is 19.4. The molecule has 10 heteroatoms. The molecule has 30 heavy (non-hydrogen) atoms. The Morgan fingerprint density at radius 1 is 1.10 bits per heavy atom. The zero-order chi connectivity index (χ0) is 22.1. The van der Waals surface area contributed by atoms with E-state index in [0.29, 0.717) is 30.0 Å². The van der Waals surface area contributed by atoms with E-state index in [9.17, 15) is 18.0 Å². The highest BCUT2D eigenvalue weighted by molar-refractivity contribution is 6.00. The van der Waals surface area contributed by atoms with Crippen molar-refractivity contribution in [2.24, 2.45) is 0 Å². The van der Waals surface area contributed by atoms with E-state index in [1.165, 1.54) is 0 Å². The molecular formula is C20H18F3N3O4. The predicted molar refractivity (Wildman–Crippen MR) is 101 cm³/mol. The summed E-state index contributed by atoms with van der Waals surface area (Å²) in [4.78, 5) is 25.6. The minimum Gasteiger partial charge on any atom is -0.475 e. The second kappa shape index (κ2) is 10.2. The number of benzene rings is 1. The van der Waals surface area contributed by atoms with Gasteiger partial charge in [-0.25, -0.2) is 4.79 Å². The van der Waals surface area contributed by atoms with Crippen molar-refractivity contribution in [3.63, 3.8) is 0 Å². The van der Waals surface area contributed by atoms with Gasteiger partial charge < -0.3 is 14.9 Å². The van der Waals surface area contributed by atoms with E-state index in [0.717, 1.165) is 11.3 Å². The van der Waals surface area contributed by atoms with E-state index < -0.39 is 12.1 Å². The van der Waals surface area contributed by atoms with Crippen molar-refractivity contribution in [2.45, 2.75) is 19.5 Å². The number of alkyl halides is 3. The van der Waals surface area contributed by atoms with Gasteiger partial charge >= 0.3 is 12.1 Å². The quantitative estimate of drug-likeness (QED) is 0.652. The molecule has 3 aromatic rings. The van der Waals surface area contributed by atoms with Crippen molar-refractivity contribution in [1.82, 2.24) is 15.5 Å². The third-order valence-electron chi connectivity index (χ3n) is 3.76. The number of hydrogen-bond donors (Lipinski definition) is 2. The van der Waals surface area contributed by atoms with Crippen LogP contribution in [0.2, 0.25) is 0 Å². The number of carbonyl (C=O) groups excluding carboxylic acids is 1. The number of pyridine rings is 1. The second-order valence-corrected chi connectivity index (χ2v) is 5.97. The number of aryl methyl sites for hydroxylation is 1. The fourth-order valence-electron chi connectivity index (χ4n) is 2.36. The number of aromatic nitrogens is 2. The lowest BCUT2D eigenvalue weighted by molar-refractivity contribution is -0.192. The minimum atomic E-state index is -5.08. The van der Waals surface area contributed by atoms with Gasteiger partial charge in [-0.2, -0.15) is 13.2 Å². The minimum absolute atomic E-state index is 0.182. The lowest BCUT2D eigenvalue weighted by atomic mass is 10.1. The number of aliphatic carboxylic acids is 1. The second-order valence-electron chi connectivity index (χ2n) is 5.97. The van der Waals surface area contributed by atoms with Crippen molar-refractivity contribution in [2.75, 3.05) is 6.54 Å². The highest BCUT2D eigenvalue weighted by Crippen LogP contribution is 2.25. The van der Waals surface area contributed by atoms with Crippen LogP contribution in [0.25, 0.3) is 11.3 Å². The number of carbonyl (C=O) groups is 2. The molecule has 0 saturated carbocycles. The number of amides is 1. The summed E-state index contributed by atoms with van der Waals surface area (Å²) in [6.07, 6.45) is -2.66. The molecule has 0 bridgehead atoms. The van der Waals surface area contributed by atoms with Crippen molar-refractivity contribution in [3.05, 3.63) is 71.7 Å². The average Bonchev–Trinajstić information content (AvgIpc) is 3.11. The van der Waals surface area contributed by atoms with Gasteiger partial charge in [-0.15, -0.1) is 0 Å². The van der Waals surface area contributed by atoms with Crippen LogP contribution in [0.3, 0.4) is 0 Å².